The maximum absolute atomic E-state index is 5.30. The highest BCUT2D eigenvalue weighted by Crippen LogP contribution is 2.69. The van der Waals surface area contributed by atoms with Crippen molar-refractivity contribution >= 4 is 21.8 Å². The van der Waals surface area contributed by atoms with Gasteiger partial charge >= 0.3 is 0 Å². The average molecular weight is 541 g/mol. The lowest BCUT2D eigenvalue weighted by molar-refractivity contribution is -0.0398. The van der Waals surface area contributed by atoms with Crippen LogP contribution in [0, 0.1) is 23.7 Å². The summed E-state index contributed by atoms with van der Waals surface area (Å²) < 4.78 is 0. The molecule has 4 bridgehead atoms. The molecule has 5 aromatic carbocycles. The van der Waals surface area contributed by atoms with E-state index in [1.54, 1.807) is 11.1 Å². The molecule has 42 heavy (non-hydrogen) atoms. The summed E-state index contributed by atoms with van der Waals surface area (Å²) in [6, 6.07) is 38.2. The maximum atomic E-state index is 5.30. The van der Waals surface area contributed by atoms with E-state index in [0.717, 1.165) is 46.0 Å². The standard InChI is InChI=1S/C40H32N2/c1-2-7-26(8-3-1)32-11-6-12-37-39(32)42-38(23-41-37)29-13-14-33-34-20-27-9-4-5-10-28(27)21-36(34)40(35(33)22-29)30-16-24-15-25(18-30)19-31(40)17-24/h1-14,20-25,30-31H,15-19H2. The molecule has 1 aromatic heterocycles. The molecule has 11 rings (SSSR count). The minimum Gasteiger partial charge on any atom is -0.252 e. The third kappa shape index (κ3) is 3.05. The summed E-state index contributed by atoms with van der Waals surface area (Å²) in [5, 5.41) is 2.73. The molecule has 4 fully saturated rings. The van der Waals surface area contributed by atoms with Gasteiger partial charge in [0.2, 0.25) is 0 Å². The third-order valence-electron chi connectivity index (χ3n) is 11.5. The Balaban J connectivity index is 1.20. The Kier molecular flexibility index (Phi) is 4.65. The summed E-state index contributed by atoms with van der Waals surface area (Å²) in [5.41, 5.74) is 12.6. The van der Waals surface area contributed by atoms with Gasteiger partial charge in [-0.1, -0.05) is 78.9 Å². The van der Waals surface area contributed by atoms with Gasteiger partial charge in [-0.05, 0) is 119 Å². The Bertz CT molecular complexity index is 2030. The predicted molar refractivity (Wildman–Crippen MR) is 171 cm³/mol. The number of fused-ring (bicyclic) bond motifs is 5. The SMILES string of the molecule is c1ccc(-c2cccc3ncc(-c4ccc5c(c4)C4(c6cc7ccccc7cc6-5)C5CC6CC(C5)CC4C6)nc23)cc1. The second-order valence-electron chi connectivity index (χ2n) is 13.5. The summed E-state index contributed by atoms with van der Waals surface area (Å²) in [4.78, 5) is 10.2. The van der Waals surface area contributed by atoms with Gasteiger partial charge < -0.3 is 0 Å². The summed E-state index contributed by atoms with van der Waals surface area (Å²) in [7, 11) is 0. The van der Waals surface area contributed by atoms with Crippen LogP contribution in [0.5, 0.6) is 0 Å². The van der Waals surface area contributed by atoms with Crippen molar-refractivity contribution in [2.24, 2.45) is 23.7 Å². The molecule has 4 saturated carbocycles. The van der Waals surface area contributed by atoms with Gasteiger partial charge in [-0.15, -0.1) is 0 Å². The highest BCUT2D eigenvalue weighted by atomic mass is 14.8. The van der Waals surface area contributed by atoms with E-state index >= 15 is 0 Å². The average Bonchev–Trinajstić information content (AvgIpc) is 3.31. The van der Waals surface area contributed by atoms with Gasteiger partial charge in [0.1, 0.15) is 0 Å². The van der Waals surface area contributed by atoms with Gasteiger partial charge in [0.05, 0.1) is 22.9 Å². The predicted octanol–water partition coefficient (Wildman–Crippen LogP) is 9.84. The highest BCUT2D eigenvalue weighted by molar-refractivity contribution is 5.95. The molecule has 2 nitrogen and oxygen atoms in total. The molecule has 0 N–H and O–H groups in total. The van der Waals surface area contributed by atoms with Crippen molar-refractivity contribution in [1.82, 2.24) is 9.97 Å². The molecule has 0 amide bonds. The van der Waals surface area contributed by atoms with E-state index in [0.29, 0.717) is 0 Å². The Morgan fingerprint density at radius 1 is 0.548 bits per heavy atom. The molecule has 0 unspecified atom stereocenters. The first-order valence-corrected chi connectivity index (χ1v) is 15.8. The lowest BCUT2D eigenvalue weighted by Gasteiger charge is -2.61. The van der Waals surface area contributed by atoms with Crippen LogP contribution < -0.4 is 0 Å². The van der Waals surface area contributed by atoms with Crippen molar-refractivity contribution in [3.05, 3.63) is 120 Å². The van der Waals surface area contributed by atoms with Crippen molar-refractivity contribution in [3.8, 4) is 33.5 Å². The molecule has 6 aromatic rings. The fraction of sp³-hybridized carbons (Fsp3) is 0.250. The number of para-hydroxylation sites is 1. The van der Waals surface area contributed by atoms with Crippen LogP contribution in [0.1, 0.15) is 43.2 Å². The largest absolute Gasteiger partial charge is 0.252 e. The summed E-state index contributed by atoms with van der Waals surface area (Å²) in [6.07, 6.45) is 9.01. The zero-order valence-electron chi connectivity index (χ0n) is 23.6. The smallest absolute Gasteiger partial charge is 0.0972 e. The Morgan fingerprint density at radius 3 is 2.05 bits per heavy atom. The molecule has 2 heteroatoms. The molecule has 202 valence electrons. The van der Waals surface area contributed by atoms with E-state index in [4.69, 9.17) is 9.97 Å². The lowest BCUT2D eigenvalue weighted by atomic mass is 9.43. The monoisotopic (exact) mass is 540 g/mol. The molecular formula is C40H32N2. The molecule has 1 spiro atoms. The van der Waals surface area contributed by atoms with Gasteiger partial charge in [0, 0.05) is 16.5 Å². The molecule has 0 aliphatic heterocycles. The first kappa shape index (κ1) is 23.3. The number of nitrogens with zero attached hydrogens (tertiary/aromatic N) is 2. The van der Waals surface area contributed by atoms with Crippen LogP contribution in [0.2, 0.25) is 0 Å². The highest BCUT2D eigenvalue weighted by Gasteiger charge is 2.61. The number of rotatable bonds is 2. The normalized spacial score (nSPS) is 26.7. The number of hydrogen-bond donors (Lipinski definition) is 0. The van der Waals surface area contributed by atoms with E-state index in [-0.39, 0.29) is 5.41 Å². The Hall–Kier alpha value is -4.30. The van der Waals surface area contributed by atoms with E-state index in [1.165, 1.54) is 65.1 Å². The van der Waals surface area contributed by atoms with Gasteiger partial charge in [0.15, 0.2) is 0 Å². The van der Waals surface area contributed by atoms with Crippen LogP contribution in [0.3, 0.4) is 0 Å². The van der Waals surface area contributed by atoms with Crippen molar-refractivity contribution in [2.75, 3.05) is 0 Å². The van der Waals surface area contributed by atoms with Crippen molar-refractivity contribution in [3.63, 3.8) is 0 Å². The minimum absolute atomic E-state index is 0.123. The fourth-order valence-corrected chi connectivity index (χ4v) is 10.1. The zero-order chi connectivity index (χ0) is 27.4. The van der Waals surface area contributed by atoms with Crippen LogP contribution in [0.25, 0.3) is 55.3 Å². The fourth-order valence-electron chi connectivity index (χ4n) is 10.1. The van der Waals surface area contributed by atoms with Gasteiger partial charge in [-0.2, -0.15) is 0 Å². The second-order valence-corrected chi connectivity index (χ2v) is 13.5. The molecule has 0 saturated heterocycles. The molecule has 5 aliphatic rings. The van der Waals surface area contributed by atoms with Crippen LogP contribution in [-0.2, 0) is 5.41 Å². The number of aromatic nitrogens is 2. The lowest BCUT2D eigenvalue weighted by Crippen LogP contribution is -2.55. The summed E-state index contributed by atoms with van der Waals surface area (Å²) in [5.74, 6) is 3.32. The number of hydrogen-bond acceptors (Lipinski definition) is 2. The maximum Gasteiger partial charge on any atom is 0.0972 e. The molecular weight excluding hydrogens is 508 g/mol. The summed E-state index contributed by atoms with van der Waals surface area (Å²) in [6.45, 7) is 0. The first-order valence-electron chi connectivity index (χ1n) is 15.8. The van der Waals surface area contributed by atoms with Crippen LogP contribution >= 0.6 is 0 Å². The van der Waals surface area contributed by atoms with E-state index in [2.05, 4.69) is 103 Å². The van der Waals surface area contributed by atoms with Crippen molar-refractivity contribution in [2.45, 2.75) is 37.5 Å². The minimum atomic E-state index is 0.123. The Morgan fingerprint density at radius 2 is 1.26 bits per heavy atom. The molecule has 5 aliphatic carbocycles. The van der Waals surface area contributed by atoms with Crippen LogP contribution in [0.4, 0.5) is 0 Å². The molecule has 1 heterocycles. The Labute approximate surface area is 246 Å². The van der Waals surface area contributed by atoms with Crippen LogP contribution in [0.15, 0.2) is 109 Å². The topological polar surface area (TPSA) is 25.8 Å². The van der Waals surface area contributed by atoms with Gasteiger partial charge in [-0.25, -0.2) is 4.98 Å². The first-order chi connectivity index (χ1) is 20.8. The quantitative estimate of drug-likeness (QED) is 0.218. The van der Waals surface area contributed by atoms with Gasteiger partial charge in [0.25, 0.3) is 0 Å². The van der Waals surface area contributed by atoms with Crippen molar-refractivity contribution < 1.29 is 0 Å². The third-order valence-corrected chi connectivity index (χ3v) is 11.5. The van der Waals surface area contributed by atoms with Crippen molar-refractivity contribution in [1.29, 1.82) is 0 Å². The van der Waals surface area contributed by atoms with Gasteiger partial charge in [-0.3, -0.25) is 4.98 Å². The molecule has 0 radical (unpaired) electrons. The molecule has 0 atom stereocenters. The summed E-state index contributed by atoms with van der Waals surface area (Å²) >= 11 is 0. The zero-order valence-corrected chi connectivity index (χ0v) is 23.6. The van der Waals surface area contributed by atoms with E-state index < -0.39 is 0 Å². The van der Waals surface area contributed by atoms with E-state index in [9.17, 15) is 0 Å². The van der Waals surface area contributed by atoms with Crippen LogP contribution in [-0.4, -0.2) is 9.97 Å². The number of benzene rings is 5. The van der Waals surface area contributed by atoms with E-state index in [1.807, 2.05) is 6.20 Å². The second kappa shape index (κ2) is 8.38.